The highest BCUT2D eigenvalue weighted by Gasteiger charge is 2.24. The molecule has 0 aromatic heterocycles. The molecule has 0 saturated carbocycles. The number of nitrogens with one attached hydrogen (secondary N) is 1. The van der Waals surface area contributed by atoms with Gasteiger partial charge < -0.3 is 19.9 Å². The van der Waals surface area contributed by atoms with Gasteiger partial charge in [-0.1, -0.05) is 0 Å². The molecule has 6 heteroatoms. The van der Waals surface area contributed by atoms with Crippen LogP contribution >= 0.6 is 0 Å². The van der Waals surface area contributed by atoms with E-state index in [1.165, 1.54) is 0 Å². The molecule has 122 valence electrons. The average Bonchev–Trinajstić information content (AvgIpc) is 2.50. The largest absolute Gasteiger partial charge is 0.383 e. The van der Waals surface area contributed by atoms with E-state index in [9.17, 15) is 4.79 Å². The van der Waals surface area contributed by atoms with Gasteiger partial charge in [-0.15, -0.1) is 0 Å². The summed E-state index contributed by atoms with van der Waals surface area (Å²) in [5.74, 6) is 0.301. The SMILES string of the molecule is COCCNC1CCN(C(=O)CN2CCN(C)CC2)CC1. The van der Waals surface area contributed by atoms with Crippen LogP contribution in [0.2, 0.25) is 0 Å². The summed E-state index contributed by atoms with van der Waals surface area (Å²) in [6.45, 7) is 8.18. The molecule has 0 spiro atoms. The van der Waals surface area contributed by atoms with Crippen molar-refractivity contribution in [2.45, 2.75) is 18.9 Å². The average molecular weight is 298 g/mol. The molecule has 2 aliphatic rings. The van der Waals surface area contributed by atoms with E-state index < -0.39 is 0 Å². The number of hydrogen-bond acceptors (Lipinski definition) is 5. The van der Waals surface area contributed by atoms with Gasteiger partial charge in [0.05, 0.1) is 13.2 Å². The van der Waals surface area contributed by atoms with E-state index in [-0.39, 0.29) is 0 Å². The maximum atomic E-state index is 12.3. The Labute approximate surface area is 128 Å². The first-order valence-electron chi connectivity index (χ1n) is 8.10. The fourth-order valence-electron chi connectivity index (χ4n) is 3.00. The maximum absolute atomic E-state index is 12.3. The number of hydrogen-bond donors (Lipinski definition) is 1. The van der Waals surface area contributed by atoms with Crippen LogP contribution in [0.5, 0.6) is 0 Å². The topological polar surface area (TPSA) is 48.1 Å². The van der Waals surface area contributed by atoms with Gasteiger partial charge in [-0.3, -0.25) is 9.69 Å². The van der Waals surface area contributed by atoms with Gasteiger partial charge >= 0.3 is 0 Å². The van der Waals surface area contributed by atoms with Crippen molar-refractivity contribution in [1.29, 1.82) is 0 Å². The van der Waals surface area contributed by atoms with Crippen LogP contribution in [0.4, 0.5) is 0 Å². The number of methoxy groups -OCH3 is 1. The van der Waals surface area contributed by atoms with E-state index >= 15 is 0 Å². The van der Waals surface area contributed by atoms with Crippen molar-refractivity contribution in [1.82, 2.24) is 20.0 Å². The number of rotatable bonds is 6. The second-order valence-corrected chi connectivity index (χ2v) is 6.18. The third-order valence-corrected chi connectivity index (χ3v) is 4.54. The zero-order chi connectivity index (χ0) is 15.1. The van der Waals surface area contributed by atoms with Crippen LogP contribution in [0, 0.1) is 0 Å². The lowest BCUT2D eigenvalue weighted by atomic mass is 10.0. The van der Waals surface area contributed by atoms with Crippen molar-refractivity contribution >= 4 is 5.91 Å². The van der Waals surface area contributed by atoms with Gasteiger partial charge in [-0.2, -0.15) is 0 Å². The number of likely N-dealkylation sites (tertiary alicyclic amines) is 1. The van der Waals surface area contributed by atoms with E-state index in [2.05, 4.69) is 22.2 Å². The highest BCUT2D eigenvalue weighted by atomic mass is 16.5. The Hall–Kier alpha value is -0.690. The van der Waals surface area contributed by atoms with E-state index in [1.807, 2.05) is 4.90 Å². The smallest absolute Gasteiger partial charge is 0.236 e. The van der Waals surface area contributed by atoms with Crippen LogP contribution in [0.15, 0.2) is 0 Å². The van der Waals surface area contributed by atoms with Crippen molar-refractivity contribution < 1.29 is 9.53 Å². The molecule has 6 nitrogen and oxygen atoms in total. The molecule has 0 aromatic carbocycles. The van der Waals surface area contributed by atoms with Gasteiger partial charge in [0.15, 0.2) is 0 Å². The second kappa shape index (κ2) is 8.68. The van der Waals surface area contributed by atoms with Gasteiger partial charge in [0, 0.05) is 59.0 Å². The maximum Gasteiger partial charge on any atom is 0.236 e. The normalized spacial score (nSPS) is 22.7. The summed E-state index contributed by atoms with van der Waals surface area (Å²) in [4.78, 5) is 19.0. The van der Waals surface area contributed by atoms with E-state index in [0.29, 0.717) is 18.5 Å². The molecule has 2 heterocycles. The Morgan fingerprint density at radius 2 is 1.81 bits per heavy atom. The summed E-state index contributed by atoms with van der Waals surface area (Å²) in [5, 5.41) is 3.49. The lowest BCUT2D eigenvalue weighted by Crippen LogP contribution is -2.51. The molecule has 1 N–H and O–H groups in total. The van der Waals surface area contributed by atoms with Gasteiger partial charge in [0.2, 0.25) is 5.91 Å². The number of likely N-dealkylation sites (N-methyl/N-ethyl adjacent to an activating group) is 1. The standard InChI is InChI=1S/C15H30N4O2/c1-17-8-10-18(11-9-17)13-15(20)19-6-3-14(4-7-19)16-5-12-21-2/h14,16H,3-13H2,1-2H3. The van der Waals surface area contributed by atoms with Gasteiger partial charge in [-0.05, 0) is 19.9 Å². The first kappa shape index (κ1) is 16.7. The Morgan fingerprint density at radius 3 is 2.43 bits per heavy atom. The Bertz CT molecular complexity index is 311. The molecular weight excluding hydrogens is 268 g/mol. The van der Waals surface area contributed by atoms with Crippen molar-refractivity contribution in [3.63, 3.8) is 0 Å². The predicted octanol–water partition coefficient (Wildman–Crippen LogP) is -0.539. The fourth-order valence-corrected chi connectivity index (χ4v) is 3.00. The molecule has 0 unspecified atom stereocenters. The summed E-state index contributed by atoms with van der Waals surface area (Å²) < 4.78 is 5.05. The van der Waals surface area contributed by atoms with Crippen molar-refractivity contribution in [2.75, 3.05) is 73.1 Å². The Morgan fingerprint density at radius 1 is 1.14 bits per heavy atom. The third-order valence-electron chi connectivity index (χ3n) is 4.54. The lowest BCUT2D eigenvalue weighted by Gasteiger charge is -2.36. The van der Waals surface area contributed by atoms with Gasteiger partial charge in [-0.25, -0.2) is 0 Å². The van der Waals surface area contributed by atoms with Crippen molar-refractivity contribution in [3.05, 3.63) is 0 Å². The van der Waals surface area contributed by atoms with Crippen molar-refractivity contribution in [3.8, 4) is 0 Å². The second-order valence-electron chi connectivity index (χ2n) is 6.18. The minimum absolute atomic E-state index is 0.301. The van der Waals surface area contributed by atoms with Crippen LogP contribution in [0.25, 0.3) is 0 Å². The quantitative estimate of drug-likeness (QED) is 0.668. The number of ether oxygens (including phenoxy) is 1. The fraction of sp³-hybridized carbons (Fsp3) is 0.933. The summed E-state index contributed by atoms with van der Waals surface area (Å²) in [7, 11) is 3.86. The van der Waals surface area contributed by atoms with E-state index in [1.54, 1.807) is 7.11 Å². The molecule has 2 fully saturated rings. The van der Waals surface area contributed by atoms with Crippen LogP contribution < -0.4 is 5.32 Å². The zero-order valence-corrected chi connectivity index (χ0v) is 13.5. The molecule has 2 saturated heterocycles. The minimum Gasteiger partial charge on any atom is -0.383 e. The lowest BCUT2D eigenvalue weighted by molar-refractivity contribution is -0.133. The first-order valence-corrected chi connectivity index (χ1v) is 8.10. The Balaban J connectivity index is 1.63. The van der Waals surface area contributed by atoms with Gasteiger partial charge in [0.25, 0.3) is 0 Å². The van der Waals surface area contributed by atoms with E-state index in [0.717, 1.165) is 65.3 Å². The molecule has 1 amide bonds. The number of carbonyl (C=O) groups is 1. The van der Waals surface area contributed by atoms with E-state index in [4.69, 9.17) is 4.74 Å². The first-order chi connectivity index (χ1) is 10.2. The van der Waals surface area contributed by atoms with Crippen LogP contribution in [0.3, 0.4) is 0 Å². The molecule has 2 rings (SSSR count). The molecule has 21 heavy (non-hydrogen) atoms. The number of amides is 1. The molecular formula is C15H30N4O2. The minimum atomic E-state index is 0.301. The highest BCUT2D eigenvalue weighted by molar-refractivity contribution is 5.78. The molecule has 2 aliphatic heterocycles. The van der Waals surface area contributed by atoms with Crippen molar-refractivity contribution in [2.24, 2.45) is 0 Å². The van der Waals surface area contributed by atoms with Crippen LogP contribution in [0.1, 0.15) is 12.8 Å². The number of carbonyl (C=O) groups excluding carboxylic acids is 1. The summed E-state index contributed by atoms with van der Waals surface area (Å²) >= 11 is 0. The molecule has 0 atom stereocenters. The number of nitrogens with zero attached hydrogens (tertiary/aromatic N) is 3. The molecule has 0 aliphatic carbocycles. The molecule has 0 aromatic rings. The molecule has 0 bridgehead atoms. The number of piperazine rings is 1. The monoisotopic (exact) mass is 298 g/mol. The summed E-state index contributed by atoms with van der Waals surface area (Å²) in [6, 6.07) is 0.535. The summed E-state index contributed by atoms with van der Waals surface area (Å²) in [6.07, 6.45) is 2.11. The predicted molar refractivity (Wildman–Crippen MR) is 83.4 cm³/mol. The highest BCUT2D eigenvalue weighted by Crippen LogP contribution is 2.11. The zero-order valence-electron chi connectivity index (χ0n) is 13.5. The number of piperidine rings is 1. The molecule has 0 radical (unpaired) electrons. The van der Waals surface area contributed by atoms with Gasteiger partial charge in [0.1, 0.15) is 0 Å². The van der Waals surface area contributed by atoms with Crippen LogP contribution in [-0.2, 0) is 9.53 Å². The van der Waals surface area contributed by atoms with Crippen LogP contribution in [-0.4, -0.2) is 99.8 Å². The Kier molecular flexibility index (Phi) is 6.89. The third kappa shape index (κ3) is 5.54. The summed E-state index contributed by atoms with van der Waals surface area (Å²) in [5.41, 5.74) is 0.